The number of piperidine rings is 1. The number of aryl methyl sites for hydroxylation is 1. The minimum Gasteiger partial charge on any atom is -0.465 e. The highest BCUT2D eigenvalue weighted by atomic mass is 35.5. The fourth-order valence-electron chi connectivity index (χ4n) is 4.00. The molecule has 2 aromatic heterocycles. The summed E-state index contributed by atoms with van der Waals surface area (Å²) >= 11 is 6.10. The molecule has 2 aliphatic rings. The number of anilines is 1. The van der Waals surface area contributed by atoms with Gasteiger partial charge < -0.3 is 14.9 Å². The molecular formula is C16H20ClN7O2. The van der Waals surface area contributed by atoms with E-state index in [1.54, 1.807) is 6.20 Å². The molecule has 26 heavy (non-hydrogen) atoms. The highest BCUT2D eigenvalue weighted by Gasteiger charge is 2.39. The van der Waals surface area contributed by atoms with Gasteiger partial charge >= 0.3 is 6.09 Å². The number of fused-ring (bicyclic) bond motifs is 3. The average molecular weight is 378 g/mol. The van der Waals surface area contributed by atoms with Gasteiger partial charge in [-0.05, 0) is 37.8 Å². The molecule has 1 atom stereocenters. The Morgan fingerprint density at radius 1 is 1.35 bits per heavy atom. The number of carboxylic acid groups (broad SMARTS) is 1. The van der Waals surface area contributed by atoms with E-state index in [-0.39, 0.29) is 17.4 Å². The molecule has 2 aliphatic heterocycles. The van der Waals surface area contributed by atoms with Gasteiger partial charge in [-0.2, -0.15) is 4.98 Å². The van der Waals surface area contributed by atoms with Crippen molar-refractivity contribution in [2.75, 3.05) is 18.0 Å². The normalized spacial score (nSPS) is 20.0. The minimum atomic E-state index is -0.865. The standard InChI is InChI=1S/C16H20ClN7O2/c1-3-11-14-21-20-9(2)23(14)12-8-18-15(17)19-13(12)24(11)10-4-6-22(7-5-10)16(25)26/h8,10-11H,3-7H2,1-2H3,(H,25,26). The predicted molar refractivity (Wildman–Crippen MR) is 94.8 cm³/mol. The molecule has 0 spiro atoms. The predicted octanol–water partition coefficient (Wildman–Crippen LogP) is 2.43. The highest BCUT2D eigenvalue weighted by Crippen LogP contribution is 2.41. The lowest BCUT2D eigenvalue weighted by molar-refractivity contribution is 0.130. The van der Waals surface area contributed by atoms with Crippen LogP contribution in [0, 0.1) is 6.92 Å². The van der Waals surface area contributed by atoms with Crippen molar-refractivity contribution in [3.63, 3.8) is 0 Å². The quantitative estimate of drug-likeness (QED) is 0.802. The molecule has 4 heterocycles. The maximum atomic E-state index is 11.2. The molecule has 138 valence electrons. The van der Waals surface area contributed by atoms with Crippen molar-refractivity contribution in [2.24, 2.45) is 0 Å². The molecule has 0 aromatic carbocycles. The molecule has 0 saturated carbocycles. The molecule has 10 heteroatoms. The van der Waals surface area contributed by atoms with Crippen molar-refractivity contribution >= 4 is 23.5 Å². The largest absolute Gasteiger partial charge is 0.465 e. The zero-order valence-electron chi connectivity index (χ0n) is 14.6. The smallest absolute Gasteiger partial charge is 0.407 e. The fraction of sp³-hybridized carbons (Fsp3) is 0.562. The first-order valence-corrected chi connectivity index (χ1v) is 9.10. The van der Waals surface area contributed by atoms with E-state index in [9.17, 15) is 9.90 Å². The fourth-order valence-corrected chi connectivity index (χ4v) is 4.13. The molecule has 1 N–H and O–H groups in total. The van der Waals surface area contributed by atoms with Crippen molar-refractivity contribution in [3.05, 3.63) is 23.1 Å². The van der Waals surface area contributed by atoms with Crippen molar-refractivity contribution in [3.8, 4) is 5.69 Å². The van der Waals surface area contributed by atoms with Crippen LogP contribution in [0.4, 0.5) is 10.6 Å². The van der Waals surface area contributed by atoms with Crippen LogP contribution in [0.2, 0.25) is 5.28 Å². The number of rotatable bonds is 2. The van der Waals surface area contributed by atoms with Gasteiger partial charge in [-0.3, -0.25) is 4.57 Å². The van der Waals surface area contributed by atoms with E-state index in [0.29, 0.717) is 13.1 Å². The summed E-state index contributed by atoms with van der Waals surface area (Å²) in [6, 6.07) is 0.169. The van der Waals surface area contributed by atoms with E-state index >= 15 is 0 Å². The van der Waals surface area contributed by atoms with Gasteiger partial charge in [0.15, 0.2) is 11.6 Å². The first-order valence-electron chi connectivity index (χ1n) is 8.72. The van der Waals surface area contributed by atoms with E-state index in [1.807, 2.05) is 11.5 Å². The Morgan fingerprint density at radius 3 is 2.73 bits per heavy atom. The molecule has 1 unspecified atom stereocenters. The summed E-state index contributed by atoms with van der Waals surface area (Å²) in [5.41, 5.74) is 0.817. The Labute approximate surface area is 155 Å². The van der Waals surface area contributed by atoms with Crippen LogP contribution in [-0.4, -0.2) is 60.0 Å². The molecule has 1 fully saturated rings. The molecular weight excluding hydrogens is 358 g/mol. The molecule has 2 aromatic rings. The Hall–Kier alpha value is -2.42. The van der Waals surface area contributed by atoms with Crippen LogP contribution < -0.4 is 4.90 Å². The Bertz CT molecular complexity index is 847. The summed E-state index contributed by atoms with van der Waals surface area (Å²) < 4.78 is 1.99. The Balaban J connectivity index is 1.77. The molecule has 0 aliphatic carbocycles. The molecule has 0 radical (unpaired) electrons. The Morgan fingerprint density at radius 2 is 2.08 bits per heavy atom. The van der Waals surface area contributed by atoms with Crippen LogP contribution in [-0.2, 0) is 0 Å². The van der Waals surface area contributed by atoms with E-state index in [4.69, 9.17) is 11.6 Å². The van der Waals surface area contributed by atoms with Crippen molar-refractivity contribution in [1.29, 1.82) is 0 Å². The first-order chi connectivity index (χ1) is 12.5. The maximum absolute atomic E-state index is 11.2. The second kappa shape index (κ2) is 6.39. The number of hydrogen-bond acceptors (Lipinski definition) is 6. The van der Waals surface area contributed by atoms with Crippen molar-refractivity contribution < 1.29 is 9.90 Å². The van der Waals surface area contributed by atoms with Crippen molar-refractivity contribution in [1.82, 2.24) is 29.6 Å². The van der Waals surface area contributed by atoms with Gasteiger partial charge in [0.2, 0.25) is 5.28 Å². The zero-order valence-corrected chi connectivity index (χ0v) is 15.4. The van der Waals surface area contributed by atoms with E-state index in [2.05, 4.69) is 32.0 Å². The van der Waals surface area contributed by atoms with Crippen LogP contribution in [0.25, 0.3) is 5.69 Å². The third-order valence-corrected chi connectivity index (χ3v) is 5.39. The van der Waals surface area contributed by atoms with Crippen LogP contribution in [0.3, 0.4) is 0 Å². The third-order valence-electron chi connectivity index (χ3n) is 5.20. The lowest BCUT2D eigenvalue weighted by atomic mass is 9.98. The number of halogens is 1. The lowest BCUT2D eigenvalue weighted by Crippen LogP contribution is -2.49. The van der Waals surface area contributed by atoms with Gasteiger partial charge in [0.25, 0.3) is 0 Å². The number of hydrogen-bond donors (Lipinski definition) is 1. The summed E-state index contributed by atoms with van der Waals surface area (Å²) in [7, 11) is 0. The molecule has 0 bridgehead atoms. The summed E-state index contributed by atoms with van der Waals surface area (Å²) in [5.74, 6) is 2.41. The van der Waals surface area contributed by atoms with Gasteiger partial charge in [-0.1, -0.05) is 6.92 Å². The number of aromatic nitrogens is 5. The first kappa shape index (κ1) is 17.0. The lowest BCUT2D eigenvalue weighted by Gasteiger charge is -2.44. The third kappa shape index (κ3) is 2.57. The molecule has 9 nitrogen and oxygen atoms in total. The zero-order chi connectivity index (χ0) is 18.4. The maximum Gasteiger partial charge on any atom is 0.407 e. The summed E-state index contributed by atoms with van der Waals surface area (Å²) in [5, 5.41) is 18.0. The van der Waals surface area contributed by atoms with Gasteiger partial charge in [0.05, 0.1) is 12.2 Å². The van der Waals surface area contributed by atoms with Gasteiger partial charge in [-0.15, -0.1) is 10.2 Å². The Kier molecular flexibility index (Phi) is 4.18. The van der Waals surface area contributed by atoms with Gasteiger partial charge in [-0.25, -0.2) is 9.78 Å². The topological polar surface area (TPSA) is 100 Å². The second-order valence-corrected chi connectivity index (χ2v) is 6.96. The number of amides is 1. The van der Waals surface area contributed by atoms with Crippen LogP contribution in [0.5, 0.6) is 0 Å². The average Bonchev–Trinajstić information content (AvgIpc) is 3.02. The second-order valence-electron chi connectivity index (χ2n) is 6.62. The summed E-state index contributed by atoms with van der Waals surface area (Å²) in [6.45, 7) is 5.02. The number of likely N-dealkylation sites (tertiary alicyclic amines) is 1. The monoisotopic (exact) mass is 377 g/mol. The van der Waals surface area contributed by atoms with Crippen molar-refractivity contribution in [2.45, 2.75) is 45.2 Å². The summed E-state index contributed by atoms with van der Waals surface area (Å²) in [6.07, 6.45) is 3.14. The molecule has 1 amide bonds. The van der Waals surface area contributed by atoms with Crippen LogP contribution in [0.15, 0.2) is 6.20 Å². The summed E-state index contributed by atoms with van der Waals surface area (Å²) in [4.78, 5) is 23.6. The number of carbonyl (C=O) groups is 1. The van der Waals surface area contributed by atoms with Crippen LogP contribution in [0.1, 0.15) is 43.9 Å². The highest BCUT2D eigenvalue weighted by molar-refractivity contribution is 6.28. The van der Waals surface area contributed by atoms with Gasteiger partial charge in [0, 0.05) is 19.1 Å². The van der Waals surface area contributed by atoms with E-state index in [1.165, 1.54) is 4.90 Å². The number of nitrogens with zero attached hydrogens (tertiary/aromatic N) is 7. The SMILES string of the molecule is CCC1c2nnc(C)n2-c2cnc(Cl)nc2N1C1CCN(C(=O)O)CC1. The van der Waals surface area contributed by atoms with E-state index < -0.39 is 6.09 Å². The van der Waals surface area contributed by atoms with E-state index in [0.717, 1.165) is 42.4 Å². The molecule has 1 saturated heterocycles. The van der Waals surface area contributed by atoms with Gasteiger partial charge in [0.1, 0.15) is 11.5 Å². The minimum absolute atomic E-state index is 0.0102. The molecule has 4 rings (SSSR count). The van der Waals surface area contributed by atoms with Crippen LogP contribution >= 0.6 is 11.6 Å².